The van der Waals surface area contributed by atoms with Gasteiger partial charge in [0, 0.05) is 6.42 Å². The Labute approximate surface area is 135 Å². The van der Waals surface area contributed by atoms with E-state index in [4.69, 9.17) is 14.6 Å². The predicted octanol–water partition coefficient (Wildman–Crippen LogP) is -0.600. The standard InChI is InChI=1S/C15H28O8/c1-2-3-4-5-6-7-8-11(17)23-15(21)14(20)13(19)12(18)10(9-16)22-15/h10,12-14,16,18-21H,2-9H2,1H3/t10-,12-,13+,14+,15+/m1/s1. The largest absolute Gasteiger partial charge is 0.406 e. The third-order valence-corrected chi connectivity index (χ3v) is 3.92. The Morgan fingerprint density at radius 2 is 1.70 bits per heavy atom. The number of unbranched alkanes of at least 4 members (excludes halogenated alkanes) is 5. The van der Waals surface area contributed by atoms with Crippen LogP contribution in [0.15, 0.2) is 0 Å². The van der Waals surface area contributed by atoms with Crippen LogP contribution in [-0.2, 0) is 14.3 Å². The Hall–Kier alpha value is -0.770. The van der Waals surface area contributed by atoms with E-state index in [2.05, 4.69) is 6.92 Å². The molecule has 5 atom stereocenters. The number of ether oxygens (including phenoxy) is 2. The van der Waals surface area contributed by atoms with E-state index in [-0.39, 0.29) is 6.42 Å². The van der Waals surface area contributed by atoms with Gasteiger partial charge in [-0.15, -0.1) is 0 Å². The summed E-state index contributed by atoms with van der Waals surface area (Å²) in [4.78, 5) is 11.8. The molecule has 1 saturated heterocycles. The first kappa shape index (κ1) is 20.3. The maximum Gasteiger partial charge on any atom is 0.357 e. The summed E-state index contributed by atoms with van der Waals surface area (Å²) in [7, 11) is 0. The van der Waals surface area contributed by atoms with Crippen LogP contribution in [0.3, 0.4) is 0 Å². The van der Waals surface area contributed by atoms with Gasteiger partial charge >= 0.3 is 11.9 Å². The summed E-state index contributed by atoms with van der Waals surface area (Å²) in [5.74, 6) is -3.58. The lowest BCUT2D eigenvalue weighted by Gasteiger charge is -2.43. The van der Waals surface area contributed by atoms with Gasteiger partial charge in [-0.25, -0.2) is 0 Å². The van der Waals surface area contributed by atoms with E-state index >= 15 is 0 Å². The molecule has 0 amide bonds. The molecule has 1 aliphatic heterocycles. The minimum absolute atomic E-state index is 0.0347. The Morgan fingerprint density at radius 3 is 2.30 bits per heavy atom. The zero-order valence-corrected chi connectivity index (χ0v) is 13.4. The topological polar surface area (TPSA) is 137 Å². The zero-order chi connectivity index (χ0) is 17.5. The fraction of sp³-hybridized carbons (Fsp3) is 0.933. The van der Waals surface area contributed by atoms with Crippen LogP contribution in [-0.4, -0.2) is 68.5 Å². The molecule has 0 aliphatic carbocycles. The van der Waals surface area contributed by atoms with Gasteiger partial charge in [0.25, 0.3) is 0 Å². The molecule has 0 saturated carbocycles. The lowest BCUT2D eigenvalue weighted by atomic mass is 9.98. The minimum Gasteiger partial charge on any atom is -0.406 e. The molecular weight excluding hydrogens is 308 g/mol. The summed E-state index contributed by atoms with van der Waals surface area (Å²) in [5.41, 5.74) is 0. The van der Waals surface area contributed by atoms with Crippen LogP contribution >= 0.6 is 0 Å². The van der Waals surface area contributed by atoms with Crippen LogP contribution in [0.2, 0.25) is 0 Å². The van der Waals surface area contributed by atoms with Gasteiger partial charge in [0.15, 0.2) is 6.10 Å². The van der Waals surface area contributed by atoms with Gasteiger partial charge in [0.1, 0.15) is 18.3 Å². The highest BCUT2D eigenvalue weighted by atomic mass is 16.8. The molecule has 1 aliphatic rings. The van der Waals surface area contributed by atoms with Crippen LogP contribution in [0.4, 0.5) is 0 Å². The average Bonchev–Trinajstić information content (AvgIpc) is 2.52. The lowest BCUT2D eigenvalue weighted by Crippen LogP contribution is -2.66. The van der Waals surface area contributed by atoms with E-state index in [1.54, 1.807) is 0 Å². The zero-order valence-electron chi connectivity index (χ0n) is 13.4. The van der Waals surface area contributed by atoms with E-state index in [1.165, 1.54) is 0 Å². The van der Waals surface area contributed by atoms with Crippen molar-refractivity contribution in [3.05, 3.63) is 0 Å². The van der Waals surface area contributed by atoms with Crippen molar-refractivity contribution in [2.24, 2.45) is 0 Å². The molecule has 0 aromatic heterocycles. The van der Waals surface area contributed by atoms with Crippen LogP contribution in [0.1, 0.15) is 51.9 Å². The summed E-state index contributed by atoms with van der Waals surface area (Å²) in [5, 5.41) is 48.1. The molecule has 0 bridgehead atoms. The third kappa shape index (κ3) is 5.66. The fourth-order valence-corrected chi connectivity index (χ4v) is 2.47. The summed E-state index contributed by atoms with van der Waals surface area (Å²) < 4.78 is 9.58. The SMILES string of the molecule is CCCCCCCCC(=O)O[C@@]1(O)O[C@H](CO)[C@@H](O)[C@H](O)[C@@H]1O. The number of carbonyl (C=O) groups is 1. The Bertz CT molecular complexity index is 361. The fourth-order valence-electron chi connectivity index (χ4n) is 2.47. The number of aliphatic hydroxyl groups is 5. The quantitative estimate of drug-likeness (QED) is 0.214. The Balaban J connectivity index is 2.45. The van der Waals surface area contributed by atoms with Gasteiger partial charge in [-0.3, -0.25) is 4.79 Å². The number of carbonyl (C=O) groups excluding carboxylic acids is 1. The second-order valence-corrected chi connectivity index (χ2v) is 5.89. The lowest BCUT2D eigenvalue weighted by molar-refractivity contribution is -0.434. The Morgan fingerprint density at radius 1 is 1.09 bits per heavy atom. The second-order valence-electron chi connectivity index (χ2n) is 5.89. The first-order chi connectivity index (χ1) is 10.9. The molecule has 1 fully saturated rings. The molecule has 1 heterocycles. The molecule has 8 nitrogen and oxygen atoms in total. The summed E-state index contributed by atoms with van der Waals surface area (Å²) in [6, 6.07) is 0. The van der Waals surface area contributed by atoms with Crippen molar-refractivity contribution in [3.63, 3.8) is 0 Å². The molecule has 0 radical (unpaired) electrons. The molecule has 0 aromatic rings. The third-order valence-electron chi connectivity index (χ3n) is 3.92. The van der Waals surface area contributed by atoms with Crippen molar-refractivity contribution in [2.75, 3.05) is 6.61 Å². The Kier molecular flexibility index (Phi) is 8.38. The number of esters is 1. The summed E-state index contributed by atoms with van der Waals surface area (Å²) in [6.07, 6.45) is -0.998. The molecule has 0 unspecified atom stereocenters. The van der Waals surface area contributed by atoms with Gasteiger partial charge < -0.3 is 35.0 Å². The van der Waals surface area contributed by atoms with Crippen LogP contribution in [0.25, 0.3) is 0 Å². The van der Waals surface area contributed by atoms with E-state index in [1.807, 2.05) is 0 Å². The van der Waals surface area contributed by atoms with Crippen molar-refractivity contribution in [1.29, 1.82) is 0 Å². The normalized spacial score (nSPS) is 34.3. The van der Waals surface area contributed by atoms with E-state index in [9.17, 15) is 25.2 Å². The van der Waals surface area contributed by atoms with E-state index in [0.29, 0.717) is 6.42 Å². The smallest absolute Gasteiger partial charge is 0.357 e. The van der Waals surface area contributed by atoms with E-state index < -0.39 is 43.0 Å². The number of aliphatic hydroxyl groups excluding tert-OH is 4. The van der Waals surface area contributed by atoms with Gasteiger partial charge in [0.05, 0.1) is 6.61 Å². The van der Waals surface area contributed by atoms with Crippen LogP contribution in [0.5, 0.6) is 0 Å². The number of rotatable bonds is 9. The molecule has 136 valence electrons. The van der Waals surface area contributed by atoms with Crippen molar-refractivity contribution >= 4 is 5.97 Å². The first-order valence-electron chi connectivity index (χ1n) is 8.12. The van der Waals surface area contributed by atoms with Crippen molar-refractivity contribution in [2.45, 2.75) is 82.3 Å². The molecule has 1 rings (SSSR count). The molecule has 23 heavy (non-hydrogen) atoms. The second kappa shape index (κ2) is 9.51. The first-order valence-corrected chi connectivity index (χ1v) is 8.12. The molecule has 0 aromatic carbocycles. The van der Waals surface area contributed by atoms with Gasteiger partial charge in [-0.1, -0.05) is 39.0 Å². The van der Waals surface area contributed by atoms with Gasteiger partial charge in [-0.2, -0.15) is 0 Å². The van der Waals surface area contributed by atoms with Gasteiger partial charge in [0.2, 0.25) is 0 Å². The number of hydrogen-bond donors (Lipinski definition) is 5. The molecule has 5 N–H and O–H groups in total. The maximum absolute atomic E-state index is 11.8. The van der Waals surface area contributed by atoms with Gasteiger partial charge in [-0.05, 0) is 6.42 Å². The summed E-state index contributed by atoms with van der Waals surface area (Å²) in [6.45, 7) is 1.39. The minimum atomic E-state index is -2.79. The highest BCUT2D eigenvalue weighted by Gasteiger charge is 2.55. The van der Waals surface area contributed by atoms with Crippen molar-refractivity contribution < 1.29 is 39.8 Å². The highest BCUT2D eigenvalue weighted by Crippen LogP contribution is 2.29. The van der Waals surface area contributed by atoms with Crippen LogP contribution in [0, 0.1) is 0 Å². The summed E-state index contributed by atoms with van der Waals surface area (Å²) >= 11 is 0. The predicted molar refractivity (Wildman–Crippen MR) is 79.0 cm³/mol. The molecule has 8 heteroatoms. The molecular formula is C15H28O8. The highest BCUT2D eigenvalue weighted by molar-refractivity contribution is 5.69. The monoisotopic (exact) mass is 336 g/mol. The van der Waals surface area contributed by atoms with Crippen molar-refractivity contribution in [1.82, 2.24) is 0 Å². The molecule has 0 spiro atoms. The van der Waals surface area contributed by atoms with E-state index in [0.717, 1.165) is 32.1 Å². The number of hydrogen-bond acceptors (Lipinski definition) is 8. The average molecular weight is 336 g/mol. The van der Waals surface area contributed by atoms with Crippen molar-refractivity contribution in [3.8, 4) is 0 Å². The maximum atomic E-state index is 11.8. The van der Waals surface area contributed by atoms with Crippen LogP contribution < -0.4 is 0 Å².